The summed E-state index contributed by atoms with van der Waals surface area (Å²) < 4.78 is 5.58. The van der Waals surface area contributed by atoms with Gasteiger partial charge < -0.3 is 14.8 Å². The van der Waals surface area contributed by atoms with Crippen molar-refractivity contribution in [2.75, 3.05) is 0 Å². The predicted octanol–water partition coefficient (Wildman–Crippen LogP) is 1.74. The van der Waals surface area contributed by atoms with E-state index in [0.29, 0.717) is 23.7 Å². The Bertz CT molecular complexity index is 528. The van der Waals surface area contributed by atoms with Gasteiger partial charge in [0.15, 0.2) is 0 Å². The molecule has 2 aromatic carbocycles. The van der Waals surface area contributed by atoms with Crippen LogP contribution in [-0.2, 0) is 18.0 Å². The molecule has 0 amide bonds. The first-order valence-electron chi connectivity index (χ1n) is 5.93. The van der Waals surface area contributed by atoms with Crippen molar-refractivity contribution in [3.05, 3.63) is 64.7 Å². The lowest BCUT2D eigenvalue weighted by Crippen LogP contribution is -2.29. The molecule has 0 saturated heterocycles. The fraction of sp³-hybridized carbons (Fsp3) is 0.143. The highest BCUT2D eigenvalue weighted by molar-refractivity contribution is 6.58. The molecule has 0 heterocycles. The third-order valence-electron chi connectivity index (χ3n) is 2.76. The molecule has 3 nitrogen and oxygen atoms in total. The van der Waals surface area contributed by atoms with Gasteiger partial charge in [-0.25, -0.2) is 0 Å². The maximum absolute atomic E-state index is 8.98. The van der Waals surface area contributed by atoms with Gasteiger partial charge in [-0.15, -0.1) is 0 Å². The average Bonchev–Trinajstić information content (AvgIpc) is 2.41. The molecule has 19 heavy (non-hydrogen) atoms. The number of hydrogen-bond donors (Lipinski definition) is 2. The van der Waals surface area contributed by atoms with Gasteiger partial charge in [-0.1, -0.05) is 54.1 Å². The van der Waals surface area contributed by atoms with Crippen LogP contribution in [0.2, 0.25) is 5.02 Å². The lowest BCUT2D eigenvalue weighted by molar-refractivity contribution is 0.107. The molecule has 0 radical (unpaired) electrons. The molecule has 0 saturated carbocycles. The molecule has 0 aliphatic carbocycles. The van der Waals surface area contributed by atoms with Crippen LogP contribution in [0, 0.1) is 0 Å². The Morgan fingerprint density at radius 2 is 1.63 bits per heavy atom. The van der Waals surface area contributed by atoms with Crippen LogP contribution >= 0.6 is 11.6 Å². The highest BCUT2D eigenvalue weighted by atomic mass is 35.5. The topological polar surface area (TPSA) is 49.7 Å². The summed E-state index contributed by atoms with van der Waals surface area (Å²) in [6, 6.07) is 14.5. The van der Waals surface area contributed by atoms with Crippen LogP contribution in [0.4, 0.5) is 0 Å². The second kappa shape index (κ2) is 6.73. The van der Waals surface area contributed by atoms with Crippen molar-refractivity contribution < 1.29 is 14.8 Å². The van der Waals surface area contributed by atoms with Gasteiger partial charge in [0.1, 0.15) is 0 Å². The van der Waals surface area contributed by atoms with Gasteiger partial charge in [-0.3, -0.25) is 0 Å². The zero-order valence-corrected chi connectivity index (χ0v) is 11.0. The van der Waals surface area contributed by atoms with Gasteiger partial charge in [0.25, 0.3) is 0 Å². The lowest BCUT2D eigenvalue weighted by atomic mass is 9.80. The van der Waals surface area contributed by atoms with Crippen LogP contribution in [0.3, 0.4) is 0 Å². The molecule has 2 N–H and O–H groups in total. The molecule has 0 bridgehead atoms. The quantitative estimate of drug-likeness (QED) is 0.818. The Hall–Kier alpha value is -1.33. The molecule has 98 valence electrons. The molecule has 2 rings (SSSR count). The zero-order valence-electron chi connectivity index (χ0n) is 10.3. The Balaban J connectivity index is 1.87. The highest BCUT2D eigenvalue weighted by Crippen LogP contribution is 2.16. The largest absolute Gasteiger partial charge is 0.488 e. The summed E-state index contributed by atoms with van der Waals surface area (Å²) in [6.45, 7) is 0.900. The molecule has 0 spiro atoms. The molecule has 2 aromatic rings. The Morgan fingerprint density at radius 3 is 2.26 bits per heavy atom. The molecule has 5 heteroatoms. The molecule has 0 atom stereocenters. The van der Waals surface area contributed by atoms with Crippen LogP contribution in [0.5, 0.6) is 0 Å². The van der Waals surface area contributed by atoms with E-state index in [2.05, 4.69) is 0 Å². The van der Waals surface area contributed by atoms with Crippen molar-refractivity contribution in [1.82, 2.24) is 0 Å². The molecule has 0 unspecified atom stereocenters. The number of benzene rings is 2. The normalized spacial score (nSPS) is 10.5. The molecule has 0 fully saturated rings. The summed E-state index contributed by atoms with van der Waals surface area (Å²) in [5, 5.41) is 18.7. The van der Waals surface area contributed by atoms with Gasteiger partial charge in [-0.2, -0.15) is 0 Å². The van der Waals surface area contributed by atoms with E-state index in [0.717, 1.165) is 11.1 Å². The van der Waals surface area contributed by atoms with E-state index in [1.54, 1.807) is 24.3 Å². The van der Waals surface area contributed by atoms with Crippen LogP contribution in [-0.4, -0.2) is 17.2 Å². The van der Waals surface area contributed by atoms with E-state index in [-0.39, 0.29) is 0 Å². The molecule has 0 aromatic heterocycles. The first-order valence-corrected chi connectivity index (χ1v) is 6.31. The average molecular weight is 277 g/mol. The van der Waals surface area contributed by atoms with Crippen molar-refractivity contribution in [2.24, 2.45) is 0 Å². The first kappa shape index (κ1) is 14.1. The van der Waals surface area contributed by atoms with Gasteiger partial charge >= 0.3 is 7.12 Å². The minimum atomic E-state index is -1.43. The van der Waals surface area contributed by atoms with E-state index in [9.17, 15) is 0 Å². The Morgan fingerprint density at radius 1 is 0.947 bits per heavy atom. The first-order chi connectivity index (χ1) is 9.16. The maximum atomic E-state index is 8.98. The summed E-state index contributed by atoms with van der Waals surface area (Å²) in [7, 11) is -1.43. The number of halogens is 1. The van der Waals surface area contributed by atoms with E-state index >= 15 is 0 Å². The van der Waals surface area contributed by atoms with Crippen molar-refractivity contribution in [3.8, 4) is 0 Å². The van der Waals surface area contributed by atoms with Gasteiger partial charge in [0.2, 0.25) is 0 Å². The number of hydrogen-bond acceptors (Lipinski definition) is 3. The Kier molecular flexibility index (Phi) is 4.99. The fourth-order valence-corrected chi connectivity index (χ4v) is 1.87. The summed E-state index contributed by atoms with van der Waals surface area (Å²) >= 11 is 6.03. The van der Waals surface area contributed by atoms with Crippen LogP contribution in [0.15, 0.2) is 48.5 Å². The van der Waals surface area contributed by atoms with Crippen LogP contribution < -0.4 is 5.46 Å². The SMILES string of the molecule is OB(O)c1ccc(COCc2ccccc2Cl)cc1. The number of ether oxygens (including phenoxy) is 1. The molecular formula is C14H14BClO3. The predicted molar refractivity (Wildman–Crippen MR) is 76.2 cm³/mol. The second-order valence-electron chi connectivity index (χ2n) is 4.20. The number of rotatable bonds is 5. The van der Waals surface area contributed by atoms with Crippen molar-refractivity contribution in [1.29, 1.82) is 0 Å². The standard InChI is InChI=1S/C14H14BClO3/c16-14-4-2-1-3-12(14)10-19-9-11-5-7-13(8-6-11)15(17)18/h1-8,17-18H,9-10H2. The summed E-state index contributed by atoms with van der Waals surface area (Å²) in [4.78, 5) is 0. The fourth-order valence-electron chi connectivity index (χ4n) is 1.68. The van der Waals surface area contributed by atoms with E-state index in [1.165, 1.54) is 0 Å². The van der Waals surface area contributed by atoms with E-state index < -0.39 is 7.12 Å². The third kappa shape index (κ3) is 4.08. The summed E-state index contributed by atoms with van der Waals surface area (Å²) in [6.07, 6.45) is 0. The Labute approximate surface area is 117 Å². The maximum Gasteiger partial charge on any atom is 0.488 e. The van der Waals surface area contributed by atoms with Gasteiger partial charge in [0, 0.05) is 5.02 Å². The van der Waals surface area contributed by atoms with E-state index in [4.69, 9.17) is 26.4 Å². The van der Waals surface area contributed by atoms with Crippen LogP contribution in [0.25, 0.3) is 0 Å². The zero-order chi connectivity index (χ0) is 13.7. The van der Waals surface area contributed by atoms with Crippen LogP contribution in [0.1, 0.15) is 11.1 Å². The second-order valence-corrected chi connectivity index (χ2v) is 4.61. The summed E-state index contributed by atoms with van der Waals surface area (Å²) in [5.74, 6) is 0. The smallest absolute Gasteiger partial charge is 0.423 e. The molecule has 0 aliphatic heterocycles. The van der Waals surface area contributed by atoms with Crippen molar-refractivity contribution >= 4 is 24.2 Å². The minimum absolute atomic E-state index is 0.448. The monoisotopic (exact) mass is 276 g/mol. The van der Waals surface area contributed by atoms with Crippen molar-refractivity contribution in [3.63, 3.8) is 0 Å². The van der Waals surface area contributed by atoms with Gasteiger partial charge in [-0.05, 0) is 22.7 Å². The molecule has 0 aliphatic rings. The third-order valence-corrected chi connectivity index (χ3v) is 3.13. The lowest BCUT2D eigenvalue weighted by Gasteiger charge is -2.07. The van der Waals surface area contributed by atoms with E-state index in [1.807, 2.05) is 24.3 Å². The summed E-state index contributed by atoms with van der Waals surface area (Å²) in [5.41, 5.74) is 2.39. The van der Waals surface area contributed by atoms with Crippen molar-refractivity contribution in [2.45, 2.75) is 13.2 Å². The molecular weight excluding hydrogens is 262 g/mol. The van der Waals surface area contributed by atoms with Gasteiger partial charge in [0.05, 0.1) is 13.2 Å². The highest BCUT2D eigenvalue weighted by Gasteiger charge is 2.09. The minimum Gasteiger partial charge on any atom is -0.423 e.